The second-order valence-corrected chi connectivity index (χ2v) is 6.12. The number of nitrogen functional groups attached to an aromatic ring is 1. The fraction of sp³-hybridized carbons (Fsp3) is 0.0526. The summed E-state index contributed by atoms with van der Waals surface area (Å²) >= 11 is 0. The number of nitrogens with zero attached hydrogens (tertiary/aromatic N) is 4. The van der Waals surface area contributed by atoms with Crippen molar-refractivity contribution in [2.45, 2.75) is 6.61 Å². The van der Waals surface area contributed by atoms with E-state index in [4.69, 9.17) is 16.2 Å². The molecule has 1 amide bonds. The van der Waals surface area contributed by atoms with Gasteiger partial charge >= 0.3 is 0 Å². The van der Waals surface area contributed by atoms with Crippen LogP contribution in [0.1, 0.15) is 16.1 Å². The van der Waals surface area contributed by atoms with Gasteiger partial charge < -0.3 is 16.2 Å². The van der Waals surface area contributed by atoms with E-state index in [0.717, 1.165) is 12.3 Å². The average molecular weight is 396 g/mol. The number of hydrogen-bond acceptors (Lipinski definition) is 6. The Hall–Kier alpha value is -4.08. The summed E-state index contributed by atoms with van der Waals surface area (Å²) < 4.78 is 35.0. The van der Waals surface area contributed by atoms with Crippen LogP contribution in [-0.2, 0) is 6.61 Å². The molecule has 0 fully saturated rings. The highest BCUT2D eigenvalue weighted by atomic mass is 19.1. The second-order valence-electron chi connectivity index (χ2n) is 6.12. The summed E-state index contributed by atoms with van der Waals surface area (Å²) in [6, 6.07) is 6.80. The van der Waals surface area contributed by atoms with Crippen LogP contribution in [0.4, 0.5) is 14.6 Å². The number of primary amides is 1. The van der Waals surface area contributed by atoms with Crippen LogP contribution in [0.25, 0.3) is 16.6 Å². The van der Waals surface area contributed by atoms with Crippen molar-refractivity contribution in [3.63, 3.8) is 0 Å². The van der Waals surface area contributed by atoms with E-state index in [-0.39, 0.29) is 29.3 Å². The number of fused-ring (bicyclic) bond motifs is 1. The van der Waals surface area contributed by atoms with Crippen LogP contribution in [0.2, 0.25) is 0 Å². The third-order valence-corrected chi connectivity index (χ3v) is 4.18. The molecule has 29 heavy (non-hydrogen) atoms. The first-order valence-electron chi connectivity index (χ1n) is 8.39. The Labute approximate surface area is 162 Å². The summed E-state index contributed by atoms with van der Waals surface area (Å²) in [6.07, 6.45) is 4.24. The van der Waals surface area contributed by atoms with Gasteiger partial charge in [-0.15, -0.1) is 0 Å². The first-order valence-corrected chi connectivity index (χ1v) is 8.39. The SMILES string of the molecule is NC(=O)c1cc(F)c2nc(N)c(OCc3ncc(F)cc3-n3cccn3)cc2c1. The quantitative estimate of drug-likeness (QED) is 0.534. The predicted molar refractivity (Wildman–Crippen MR) is 100 cm³/mol. The normalized spacial score (nSPS) is 11.0. The Morgan fingerprint density at radius 2 is 2.03 bits per heavy atom. The molecule has 3 heterocycles. The molecule has 0 unspecified atom stereocenters. The fourth-order valence-electron chi connectivity index (χ4n) is 2.82. The number of ether oxygens (including phenoxy) is 1. The molecule has 0 aliphatic heterocycles. The molecule has 10 heteroatoms. The molecule has 146 valence electrons. The molecule has 0 aliphatic rings. The van der Waals surface area contributed by atoms with E-state index in [2.05, 4.69) is 15.1 Å². The molecule has 8 nitrogen and oxygen atoms in total. The summed E-state index contributed by atoms with van der Waals surface area (Å²) in [5.74, 6) is -1.93. The van der Waals surface area contributed by atoms with E-state index in [1.807, 2.05) is 0 Å². The zero-order chi connectivity index (χ0) is 20.5. The predicted octanol–water partition coefficient (Wildman–Crippen LogP) is 2.35. The van der Waals surface area contributed by atoms with Gasteiger partial charge in [0.05, 0.1) is 11.9 Å². The lowest BCUT2D eigenvalue weighted by atomic mass is 10.1. The maximum atomic E-state index is 14.2. The van der Waals surface area contributed by atoms with Crippen LogP contribution < -0.4 is 16.2 Å². The van der Waals surface area contributed by atoms with Crippen molar-refractivity contribution in [2.75, 3.05) is 5.73 Å². The van der Waals surface area contributed by atoms with Crippen molar-refractivity contribution in [2.24, 2.45) is 5.73 Å². The minimum atomic E-state index is -0.774. The third kappa shape index (κ3) is 3.55. The lowest BCUT2D eigenvalue weighted by Gasteiger charge is -2.13. The summed E-state index contributed by atoms with van der Waals surface area (Å²) in [4.78, 5) is 19.4. The lowest BCUT2D eigenvalue weighted by Crippen LogP contribution is -2.11. The molecule has 0 saturated carbocycles. The smallest absolute Gasteiger partial charge is 0.248 e. The molecule has 1 aromatic carbocycles. The van der Waals surface area contributed by atoms with Crippen LogP contribution >= 0.6 is 0 Å². The number of benzene rings is 1. The highest BCUT2D eigenvalue weighted by Gasteiger charge is 2.14. The van der Waals surface area contributed by atoms with Gasteiger partial charge in [0, 0.05) is 29.4 Å². The van der Waals surface area contributed by atoms with E-state index in [9.17, 15) is 13.6 Å². The molecular weight excluding hydrogens is 382 g/mol. The maximum absolute atomic E-state index is 14.2. The van der Waals surface area contributed by atoms with Gasteiger partial charge in [-0.1, -0.05) is 0 Å². The van der Waals surface area contributed by atoms with E-state index < -0.39 is 17.5 Å². The Morgan fingerprint density at radius 1 is 1.21 bits per heavy atom. The monoisotopic (exact) mass is 396 g/mol. The van der Waals surface area contributed by atoms with E-state index in [1.165, 1.54) is 22.9 Å². The molecule has 0 atom stereocenters. The molecule has 0 saturated heterocycles. The van der Waals surface area contributed by atoms with Gasteiger partial charge in [-0.2, -0.15) is 5.10 Å². The molecule has 0 radical (unpaired) electrons. The van der Waals surface area contributed by atoms with Crippen LogP contribution in [-0.4, -0.2) is 25.7 Å². The number of aromatic nitrogens is 4. The Balaban J connectivity index is 1.69. The number of rotatable bonds is 5. The standard InChI is InChI=1S/C19H14F2N6O2/c20-12-7-15(27-3-1-2-25-27)14(24-8-12)9-29-16-6-10-4-11(19(23)28)5-13(21)17(10)26-18(16)22/h1-8H,9H2,(H2,22,26)(H2,23,28). The summed E-state index contributed by atoms with van der Waals surface area (Å²) in [5.41, 5.74) is 11.9. The molecule has 0 aliphatic carbocycles. The van der Waals surface area contributed by atoms with Crippen LogP contribution in [0, 0.1) is 11.6 Å². The van der Waals surface area contributed by atoms with E-state index in [1.54, 1.807) is 18.5 Å². The third-order valence-electron chi connectivity index (χ3n) is 4.18. The lowest BCUT2D eigenvalue weighted by molar-refractivity contribution is 0.1000. The first-order chi connectivity index (χ1) is 13.9. The van der Waals surface area contributed by atoms with E-state index >= 15 is 0 Å². The molecular formula is C19H14F2N6O2. The highest BCUT2D eigenvalue weighted by molar-refractivity contribution is 5.97. The number of anilines is 1. The van der Waals surface area contributed by atoms with Crippen LogP contribution in [0.5, 0.6) is 5.75 Å². The van der Waals surface area contributed by atoms with Crippen LogP contribution in [0.15, 0.2) is 48.9 Å². The average Bonchev–Trinajstić information content (AvgIpc) is 3.22. The van der Waals surface area contributed by atoms with Crippen molar-refractivity contribution in [3.8, 4) is 11.4 Å². The minimum Gasteiger partial charge on any atom is -0.483 e. The number of carbonyl (C=O) groups is 1. The fourth-order valence-corrected chi connectivity index (χ4v) is 2.82. The minimum absolute atomic E-state index is 0.00584. The number of nitrogens with two attached hydrogens (primary N) is 2. The zero-order valence-corrected chi connectivity index (χ0v) is 14.8. The molecule has 0 spiro atoms. The first kappa shape index (κ1) is 18.3. The Kier molecular flexibility index (Phi) is 4.51. The molecule has 0 bridgehead atoms. The van der Waals surface area contributed by atoms with Crippen molar-refractivity contribution in [1.29, 1.82) is 0 Å². The number of carbonyl (C=O) groups excluding carboxylic acids is 1. The summed E-state index contributed by atoms with van der Waals surface area (Å²) in [7, 11) is 0. The van der Waals surface area contributed by atoms with Crippen LogP contribution in [0.3, 0.4) is 0 Å². The molecule has 4 rings (SSSR count). The van der Waals surface area contributed by atoms with Gasteiger partial charge in [-0.05, 0) is 24.3 Å². The molecule has 3 aromatic heterocycles. The van der Waals surface area contributed by atoms with Crippen molar-refractivity contribution < 1.29 is 18.3 Å². The van der Waals surface area contributed by atoms with Gasteiger partial charge in [0.2, 0.25) is 5.91 Å². The van der Waals surface area contributed by atoms with Crippen molar-refractivity contribution in [1.82, 2.24) is 19.7 Å². The second kappa shape index (κ2) is 7.15. The molecule has 4 N–H and O–H groups in total. The number of pyridine rings is 2. The number of hydrogen-bond donors (Lipinski definition) is 2. The van der Waals surface area contributed by atoms with Gasteiger partial charge in [-0.3, -0.25) is 9.78 Å². The van der Waals surface area contributed by atoms with Gasteiger partial charge in [0.15, 0.2) is 11.6 Å². The van der Waals surface area contributed by atoms with Gasteiger partial charge in [-0.25, -0.2) is 18.4 Å². The number of amides is 1. The summed E-state index contributed by atoms with van der Waals surface area (Å²) in [6.45, 7) is -0.0785. The maximum Gasteiger partial charge on any atom is 0.248 e. The Bertz CT molecular complexity index is 1230. The van der Waals surface area contributed by atoms with Crippen molar-refractivity contribution >= 4 is 22.6 Å². The Morgan fingerprint density at radius 3 is 2.76 bits per heavy atom. The zero-order valence-electron chi connectivity index (χ0n) is 14.8. The highest BCUT2D eigenvalue weighted by Crippen LogP contribution is 2.28. The number of halogens is 2. The topological polar surface area (TPSA) is 122 Å². The van der Waals surface area contributed by atoms with Crippen molar-refractivity contribution in [3.05, 3.63) is 71.8 Å². The van der Waals surface area contributed by atoms with Gasteiger partial charge in [0.25, 0.3) is 0 Å². The summed E-state index contributed by atoms with van der Waals surface area (Å²) in [5, 5.41) is 4.36. The van der Waals surface area contributed by atoms with E-state index in [0.29, 0.717) is 16.8 Å². The largest absolute Gasteiger partial charge is 0.483 e. The molecule has 4 aromatic rings. The van der Waals surface area contributed by atoms with Gasteiger partial charge in [0.1, 0.15) is 29.5 Å².